The predicted octanol–water partition coefficient (Wildman–Crippen LogP) is 3.82. The number of hydrogen-bond donors (Lipinski definition) is 0. The van der Waals surface area contributed by atoms with Gasteiger partial charge in [-0.05, 0) is 60.2 Å². The summed E-state index contributed by atoms with van der Waals surface area (Å²) in [5.41, 5.74) is 0. The van der Waals surface area contributed by atoms with Gasteiger partial charge in [-0.3, -0.25) is 0 Å². The van der Waals surface area contributed by atoms with E-state index in [0.717, 1.165) is 47.3 Å². The van der Waals surface area contributed by atoms with E-state index in [1.807, 2.05) is 0 Å². The zero-order chi connectivity index (χ0) is 10.0. The predicted molar refractivity (Wildman–Crippen MR) is 59.9 cm³/mol. The molecule has 0 heteroatoms. The van der Waals surface area contributed by atoms with E-state index in [1.54, 1.807) is 6.42 Å². The summed E-state index contributed by atoms with van der Waals surface area (Å²) >= 11 is 0. The molecule has 8 atom stereocenters. The Morgan fingerprint density at radius 1 is 0.643 bits per heavy atom. The van der Waals surface area contributed by atoms with E-state index in [2.05, 4.69) is 27.7 Å². The Morgan fingerprint density at radius 2 is 1.07 bits per heavy atom. The minimum Gasteiger partial charge on any atom is -0.0622 e. The Hall–Kier alpha value is 0. The molecule has 3 saturated carbocycles. The molecule has 0 spiro atoms. The van der Waals surface area contributed by atoms with Gasteiger partial charge in [0.25, 0.3) is 0 Å². The molecular formula is C14H24. The molecule has 0 aliphatic heterocycles. The molecule has 0 radical (unpaired) electrons. The van der Waals surface area contributed by atoms with E-state index in [0.29, 0.717) is 0 Å². The third kappa shape index (κ3) is 0.907. The fourth-order valence-electron chi connectivity index (χ4n) is 5.61. The minimum absolute atomic E-state index is 1.02. The molecule has 80 valence electrons. The molecule has 0 N–H and O–H groups in total. The molecular weight excluding hydrogens is 168 g/mol. The normalized spacial score (nSPS) is 66.0. The fraction of sp³-hybridized carbons (Fsp3) is 1.00. The third-order valence-electron chi connectivity index (χ3n) is 6.22. The average Bonchev–Trinajstić information content (AvgIpc) is 2.71. The first kappa shape index (κ1) is 9.24. The lowest BCUT2D eigenvalue weighted by Crippen LogP contribution is -2.32. The Balaban J connectivity index is 1.94. The van der Waals surface area contributed by atoms with E-state index in [9.17, 15) is 0 Å². The van der Waals surface area contributed by atoms with Gasteiger partial charge in [-0.1, -0.05) is 27.7 Å². The molecule has 2 bridgehead atoms. The van der Waals surface area contributed by atoms with Crippen LogP contribution in [0.1, 0.15) is 40.5 Å². The SMILES string of the molecule is CC1CC(C)C2C3CC(C(C)C3C)C12. The van der Waals surface area contributed by atoms with Gasteiger partial charge in [-0.25, -0.2) is 0 Å². The van der Waals surface area contributed by atoms with Crippen LogP contribution in [-0.4, -0.2) is 0 Å². The maximum atomic E-state index is 2.52. The largest absolute Gasteiger partial charge is 0.0622 e. The zero-order valence-corrected chi connectivity index (χ0v) is 10.0. The van der Waals surface area contributed by atoms with Crippen LogP contribution in [0.5, 0.6) is 0 Å². The van der Waals surface area contributed by atoms with Gasteiger partial charge in [0.2, 0.25) is 0 Å². The van der Waals surface area contributed by atoms with Crippen molar-refractivity contribution in [2.75, 3.05) is 0 Å². The molecule has 0 nitrogen and oxygen atoms in total. The first-order valence-corrected chi connectivity index (χ1v) is 6.61. The van der Waals surface area contributed by atoms with Crippen molar-refractivity contribution in [1.82, 2.24) is 0 Å². The summed E-state index contributed by atoms with van der Waals surface area (Å²) in [6.07, 6.45) is 3.09. The Kier molecular flexibility index (Phi) is 1.83. The van der Waals surface area contributed by atoms with Crippen LogP contribution in [0.2, 0.25) is 0 Å². The van der Waals surface area contributed by atoms with Crippen molar-refractivity contribution in [2.24, 2.45) is 47.3 Å². The van der Waals surface area contributed by atoms with E-state index in [4.69, 9.17) is 0 Å². The van der Waals surface area contributed by atoms with Crippen LogP contribution in [0.15, 0.2) is 0 Å². The smallest absolute Gasteiger partial charge is 0.0323 e. The molecule has 14 heavy (non-hydrogen) atoms. The summed E-state index contributed by atoms with van der Waals surface area (Å²) in [6, 6.07) is 0. The highest BCUT2D eigenvalue weighted by atomic mass is 14.6. The van der Waals surface area contributed by atoms with E-state index in [1.165, 1.54) is 6.42 Å². The summed E-state index contributed by atoms with van der Waals surface area (Å²) < 4.78 is 0. The van der Waals surface area contributed by atoms with Gasteiger partial charge in [0.15, 0.2) is 0 Å². The van der Waals surface area contributed by atoms with E-state index < -0.39 is 0 Å². The molecule has 0 heterocycles. The van der Waals surface area contributed by atoms with Crippen LogP contribution in [0, 0.1) is 47.3 Å². The molecule has 3 aliphatic rings. The molecule has 0 amide bonds. The highest BCUT2D eigenvalue weighted by Gasteiger charge is 2.59. The van der Waals surface area contributed by atoms with Crippen molar-refractivity contribution in [3.05, 3.63) is 0 Å². The lowest BCUT2D eigenvalue weighted by atomic mass is 9.68. The van der Waals surface area contributed by atoms with Crippen molar-refractivity contribution >= 4 is 0 Å². The van der Waals surface area contributed by atoms with Crippen LogP contribution >= 0.6 is 0 Å². The molecule has 3 fully saturated rings. The first-order chi connectivity index (χ1) is 6.61. The second kappa shape index (κ2) is 2.77. The lowest BCUT2D eigenvalue weighted by Gasteiger charge is -2.37. The highest BCUT2D eigenvalue weighted by molar-refractivity contribution is 5.08. The molecule has 0 saturated heterocycles. The van der Waals surface area contributed by atoms with Crippen LogP contribution < -0.4 is 0 Å². The van der Waals surface area contributed by atoms with Crippen molar-refractivity contribution in [2.45, 2.75) is 40.5 Å². The van der Waals surface area contributed by atoms with Crippen molar-refractivity contribution in [1.29, 1.82) is 0 Å². The summed E-state index contributed by atoms with van der Waals surface area (Å²) in [4.78, 5) is 0. The van der Waals surface area contributed by atoms with Gasteiger partial charge in [0.1, 0.15) is 0 Å². The van der Waals surface area contributed by atoms with Gasteiger partial charge < -0.3 is 0 Å². The Bertz CT molecular complexity index is 220. The molecule has 0 aromatic rings. The second-order valence-electron chi connectivity index (χ2n) is 6.63. The van der Waals surface area contributed by atoms with Crippen LogP contribution in [0.4, 0.5) is 0 Å². The standard InChI is InChI=1S/C14H24/c1-7-5-8(2)14-12-6-11(13(7)14)9(3)10(12)4/h7-14H,5-6H2,1-4H3. The summed E-state index contributed by atoms with van der Waals surface area (Å²) in [5.74, 6) is 8.52. The number of fused-ring (bicyclic) bond motifs is 5. The number of hydrogen-bond acceptors (Lipinski definition) is 0. The van der Waals surface area contributed by atoms with Gasteiger partial charge in [0, 0.05) is 0 Å². The molecule has 0 aromatic carbocycles. The maximum Gasteiger partial charge on any atom is -0.0323 e. The monoisotopic (exact) mass is 192 g/mol. The number of rotatable bonds is 0. The zero-order valence-electron chi connectivity index (χ0n) is 10.0. The van der Waals surface area contributed by atoms with Gasteiger partial charge >= 0.3 is 0 Å². The van der Waals surface area contributed by atoms with E-state index in [-0.39, 0.29) is 0 Å². The second-order valence-corrected chi connectivity index (χ2v) is 6.63. The van der Waals surface area contributed by atoms with Crippen molar-refractivity contribution in [3.63, 3.8) is 0 Å². The fourth-order valence-corrected chi connectivity index (χ4v) is 5.61. The maximum absolute atomic E-state index is 2.52. The van der Waals surface area contributed by atoms with Gasteiger partial charge in [-0.2, -0.15) is 0 Å². The molecule has 3 rings (SSSR count). The van der Waals surface area contributed by atoms with Crippen LogP contribution in [0.3, 0.4) is 0 Å². The summed E-state index contributed by atoms with van der Waals surface area (Å²) in [7, 11) is 0. The molecule has 3 aliphatic carbocycles. The quantitative estimate of drug-likeness (QED) is 0.547. The first-order valence-electron chi connectivity index (χ1n) is 6.61. The summed E-state index contributed by atoms with van der Waals surface area (Å²) in [5, 5.41) is 0. The third-order valence-corrected chi connectivity index (χ3v) is 6.22. The van der Waals surface area contributed by atoms with Crippen molar-refractivity contribution in [3.8, 4) is 0 Å². The lowest BCUT2D eigenvalue weighted by molar-refractivity contribution is 0.104. The van der Waals surface area contributed by atoms with E-state index >= 15 is 0 Å². The van der Waals surface area contributed by atoms with Crippen molar-refractivity contribution < 1.29 is 0 Å². The van der Waals surface area contributed by atoms with Crippen LogP contribution in [-0.2, 0) is 0 Å². The van der Waals surface area contributed by atoms with Gasteiger partial charge in [0.05, 0.1) is 0 Å². The van der Waals surface area contributed by atoms with Crippen LogP contribution in [0.25, 0.3) is 0 Å². The average molecular weight is 192 g/mol. The summed E-state index contributed by atoms with van der Waals surface area (Å²) in [6.45, 7) is 10.1. The molecule has 8 unspecified atom stereocenters. The minimum atomic E-state index is 1.02. The Morgan fingerprint density at radius 3 is 1.50 bits per heavy atom. The highest BCUT2D eigenvalue weighted by Crippen LogP contribution is 2.66. The van der Waals surface area contributed by atoms with Gasteiger partial charge in [-0.15, -0.1) is 0 Å². The Labute approximate surface area is 88.5 Å². The topological polar surface area (TPSA) is 0 Å². The molecule has 0 aromatic heterocycles.